The minimum atomic E-state index is 0.307. The van der Waals surface area contributed by atoms with Crippen molar-refractivity contribution >= 4 is 23.7 Å². The van der Waals surface area contributed by atoms with Crippen LogP contribution in [0, 0.1) is 17.8 Å². The summed E-state index contributed by atoms with van der Waals surface area (Å²) in [7, 11) is 0. The van der Waals surface area contributed by atoms with Gasteiger partial charge in [0.2, 0.25) is 0 Å². The van der Waals surface area contributed by atoms with Gasteiger partial charge < -0.3 is 4.90 Å². The van der Waals surface area contributed by atoms with Gasteiger partial charge in [0.1, 0.15) is 11.0 Å². The Morgan fingerprint density at radius 1 is 1.44 bits per heavy atom. The predicted octanol–water partition coefficient (Wildman–Crippen LogP) is 2.25. The normalized spacial score (nSPS) is 31.4. The van der Waals surface area contributed by atoms with Gasteiger partial charge in [-0.15, -0.1) is 0 Å². The average molecular weight is 237 g/mol. The Bertz CT molecular complexity index is 437. The van der Waals surface area contributed by atoms with Crippen LogP contribution < -0.4 is 4.90 Å². The van der Waals surface area contributed by atoms with Crippen molar-refractivity contribution in [1.29, 1.82) is 0 Å². The van der Waals surface area contributed by atoms with Gasteiger partial charge in [-0.2, -0.15) is 0 Å². The molecule has 4 heteroatoms. The van der Waals surface area contributed by atoms with E-state index < -0.39 is 0 Å². The van der Waals surface area contributed by atoms with Gasteiger partial charge in [0, 0.05) is 13.1 Å². The number of fused-ring (bicyclic) bond motifs is 1. The highest BCUT2D eigenvalue weighted by atomic mass is 35.5. The zero-order chi connectivity index (χ0) is 11.3. The van der Waals surface area contributed by atoms with Gasteiger partial charge in [0.05, 0.1) is 5.56 Å². The number of hydrogen-bond acceptors (Lipinski definition) is 3. The van der Waals surface area contributed by atoms with Crippen LogP contribution in [-0.4, -0.2) is 24.4 Å². The van der Waals surface area contributed by atoms with Crippen LogP contribution in [0.3, 0.4) is 0 Å². The molecule has 2 heterocycles. The smallest absolute Gasteiger partial charge is 0.153 e. The number of pyridine rings is 1. The summed E-state index contributed by atoms with van der Waals surface area (Å²) >= 11 is 5.92. The molecule has 3 rings (SSSR count). The second kappa shape index (κ2) is 3.45. The van der Waals surface area contributed by atoms with Crippen molar-refractivity contribution in [3.63, 3.8) is 0 Å². The van der Waals surface area contributed by atoms with E-state index in [0.29, 0.717) is 10.7 Å². The summed E-state index contributed by atoms with van der Waals surface area (Å²) in [5, 5.41) is 0.307. The summed E-state index contributed by atoms with van der Waals surface area (Å²) in [4.78, 5) is 17.1. The maximum atomic E-state index is 10.6. The molecule has 1 aromatic heterocycles. The second-order valence-corrected chi connectivity index (χ2v) is 5.12. The molecule has 84 valence electrons. The number of rotatable bonds is 2. The Hall–Kier alpha value is -1.09. The molecule has 1 saturated carbocycles. The van der Waals surface area contributed by atoms with Crippen molar-refractivity contribution in [3.05, 3.63) is 22.8 Å². The lowest BCUT2D eigenvalue weighted by molar-refractivity contribution is 0.112. The van der Waals surface area contributed by atoms with E-state index in [4.69, 9.17) is 11.6 Å². The average Bonchev–Trinajstić information content (AvgIpc) is 2.75. The molecule has 0 amide bonds. The summed E-state index contributed by atoms with van der Waals surface area (Å²) < 4.78 is 0. The predicted molar refractivity (Wildman–Crippen MR) is 63.0 cm³/mol. The Balaban J connectivity index is 1.81. The van der Waals surface area contributed by atoms with E-state index in [9.17, 15) is 4.79 Å². The number of anilines is 1. The Labute approximate surface area is 99.4 Å². The van der Waals surface area contributed by atoms with Gasteiger partial charge >= 0.3 is 0 Å². The first kappa shape index (κ1) is 10.1. The van der Waals surface area contributed by atoms with E-state index in [-0.39, 0.29) is 0 Å². The molecular formula is C12H13ClN2O. The Morgan fingerprint density at radius 3 is 2.69 bits per heavy atom. The summed E-state index contributed by atoms with van der Waals surface area (Å²) in [5.41, 5.74) is 0.461. The molecule has 0 radical (unpaired) electrons. The molecular weight excluding hydrogens is 224 g/mol. The third-order valence-corrected chi connectivity index (χ3v) is 4.24. The number of carbonyl (C=O) groups excluding carboxylic acids is 1. The number of aromatic nitrogens is 1. The van der Waals surface area contributed by atoms with Gasteiger partial charge in [0.15, 0.2) is 6.29 Å². The van der Waals surface area contributed by atoms with Crippen LogP contribution in [0.5, 0.6) is 0 Å². The van der Waals surface area contributed by atoms with Crippen molar-refractivity contribution in [2.24, 2.45) is 17.8 Å². The minimum Gasteiger partial charge on any atom is -0.356 e. The molecule has 1 saturated heterocycles. The zero-order valence-corrected chi connectivity index (χ0v) is 9.81. The van der Waals surface area contributed by atoms with Crippen LogP contribution in [0.25, 0.3) is 0 Å². The quantitative estimate of drug-likeness (QED) is 0.583. The van der Waals surface area contributed by atoms with Gasteiger partial charge in [-0.3, -0.25) is 4.79 Å². The van der Waals surface area contributed by atoms with Crippen LogP contribution >= 0.6 is 11.6 Å². The van der Waals surface area contributed by atoms with Gasteiger partial charge in [-0.1, -0.05) is 18.5 Å². The van der Waals surface area contributed by atoms with Crippen molar-refractivity contribution in [2.75, 3.05) is 18.0 Å². The van der Waals surface area contributed by atoms with Crippen LogP contribution in [0.1, 0.15) is 17.3 Å². The Kier molecular flexibility index (Phi) is 2.18. The van der Waals surface area contributed by atoms with E-state index in [0.717, 1.165) is 42.9 Å². The Morgan fingerprint density at radius 2 is 2.12 bits per heavy atom. The maximum Gasteiger partial charge on any atom is 0.153 e. The lowest BCUT2D eigenvalue weighted by Gasteiger charge is -2.20. The molecule has 2 aliphatic rings. The SMILES string of the molecule is C[C@H]1[C@H]2CN(c3ccc(C=O)c(Cl)n3)C[C@@H]12. The molecule has 0 aromatic carbocycles. The number of nitrogens with zero attached hydrogens (tertiary/aromatic N) is 2. The zero-order valence-electron chi connectivity index (χ0n) is 9.06. The largest absolute Gasteiger partial charge is 0.356 e. The highest BCUT2D eigenvalue weighted by molar-refractivity contribution is 6.31. The first-order chi connectivity index (χ1) is 7.70. The lowest BCUT2D eigenvalue weighted by Crippen LogP contribution is -2.24. The molecule has 0 unspecified atom stereocenters. The molecule has 16 heavy (non-hydrogen) atoms. The topological polar surface area (TPSA) is 33.2 Å². The third kappa shape index (κ3) is 1.42. The summed E-state index contributed by atoms with van der Waals surface area (Å²) in [5.74, 6) is 3.45. The van der Waals surface area contributed by atoms with E-state index >= 15 is 0 Å². The highest BCUT2D eigenvalue weighted by Gasteiger charge is 2.52. The van der Waals surface area contributed by atoms with Crippen molar-refractivity contribution < 1.29 is 4.79 Å². The maximum absolute atomic E-state index is 10.6. The van der Waals surface area contributed by atoms with E-state index in [1.165, 1.54) is 0 Å². The molecule has 1 aliphatic carbocycles. The van der Waals surface area contributed by atoms with Gasteiger partial charge in [-0.25, -0.2) is 4.98 Å². The number of aldehydes is 1. The fourth-order valence-corrected chi connectivity index (χ4v) is 2.90. The molecule has 3 atom stereocenters. The summed E-state index contributed by atoms with van der Waals surface area (Å²) in [6.45, 7) is 4.47. The number of piperidine rings is 1. The van der Waals surface area contributed by atoms with Crippen LogP contribution in [0.15, 0.2) is 12.1 Å². The van der Waals surface area contributed by atoms with Gasteiger partial charge in [0.25, 0.3) is 0 Å². The van der Waals surface area contributed by atoms with Gasteiger partial charge in [-0.05, 0) is 29.9 Å². The number of halogens is 1. The standard InChI is InChI=1S/C12H13ClN2O/c1-7-9-4-15(5-10(7)9)11-3-2-8(6-16)12(13)14-11/h2-3,6-7,9-10H,4-5H2,1H3/t7-,9+,10-. The molecule has 0 N–H and O–H groups in total. The molecule has 1 aliphatic heterocycles. The van der Waals surface area contributed by atoms with Crippen molar-refractivity contribution in [2.45, 2.75) is 6.92 Å². The van der Waals surface area contributed by atoms with Crippen LogP contribution in [0.2, 0.25) is 5.15 Å². The molecule has 0 bridgehead atoms. The summed E-state index contributed by atoms with van der Waals surface area (Å²) in [6, 6.07) is 3.62. The highest BCUT2D eigenvalue weighted by Crippen LogP contribution is 2.51. The summed E-state index contributed by atoms with van der Waals surface area (Å²) in [6.07, 6.45) is 0.739. The first-order valence-corrected chi connectivity index (χ1v) is 5.95. The minimum absolute atomic E-state index is 0.307. The fourth-order valence-electron chi connectivity index (χ4n) is 2.71. The van der Waals surface area contributed by atoms with Crippen molar-refractivity contribution in [3.8, 4) is 0 Å². The van der Waals surface area contributed by atoms with E-state index in [1.54, 1.807) is 6.07 Å². The molecule has 2 fully saturated rings. The van der Waals surface area contributed by atoms with E-state index in [1.807, 2.05) is 6.07 Å². The lowest BCUT2D eigenvalue weighted by atomic mass is 10.2. The van der Waals surface area contributed by atoms with Crippen molar-refractivity contribution in [1.82, 2.24) is 4.98 Å². The number of carbonyl (C=O) groups is 1. The third-order valence-electron chi connectivity index (χ3n) is 3.94. The van der Waals surface area contributed by atoms with E-state index in [2.05, 4.69) is 16.8 Å². The number of hydrogen-bond donors (Lipinski definition) is 0. The molecule has 1 aromatic rings. The molecule has 3 nitrogen and oxygen atoms in total. The van der Waals surface area contributed by atoms with Crippen LogP contribution in [0.4, 0.5) is 5.82 Å². The fraction of sp³-hybridized carbons (Fsp3) is 0.500. The second-order valence-electron chi connectivity index (χ2n) is 4.76. The first-order valence-electron chi connectivity index (χ1n) is 5.57. The van der Waals surface area contributed by atoms with Crippen LogP contribution in [-0.2, 0) is 0 Å². The molecule has 0 spiro atoms. The monoisotopic (exact) mass is 236 g/mol.